The Balaban J connectivity index is 1.93. The summed E-state index contributed by atoms with van der Waals surface area (Å²) in [5.74, 6) is -1.25. The number of aryl methyl sites for hydroxylation is 2. The molecule has 1 aliphatic carbocycles. The third kappa shape index (κ3) is 2.01. The molecule has 0 N–H and O–H groups in total. The first-order valence-electron chi connectivity index (χ1n) is 9.89. The summed E-state index contributed by atoms with van der Waals surface area (Å²) < 4.78 is 3.43. The molecule has 2 aliphatic rings. The summed E-state index contributed by atoms with van der Waals surface area (Å²) in [6, 6.07) is 21.7. The first-order chi connectivity index (χ1) is 12.6. The van der Waals surface area contributed by atoms with Gasteiger partial charge in [-0.2, -0.15) is 0 Å². The fourth-order valence-corrected chi connectivity index (χ4v) is 28.2. The SMILES string of the molecule is CC(C)[P+]1(C(C)C)c2ccc3c4c(ccc(c24)[As]1c1ccccc1)CC3. The fourth-order valence-electron chi connectivity index (χ4n) is 5.57. The van der Waals surface area contributed by atoms with Crippen LogP contribution in [0.25, 0.3) is 10.8 Å². The van der Waals surface area contributed by atoms with Crippen LogP contribution >= 0.6 is 5.82 Å². The van der Waals surface area contributed by atoms with Gasteiger partial charge in [-0.15, -0.1) is 0 Å². The Morgan fingerprint density at radius 1 is 0.731 bits per heavy atom. The third-order valence-corrected chi connectivity index (χ3v) is 28.5. The van der Waals surface area contributed by atoms with E-state index in [4.69, 9.17) is 0 Å². The van der Waals surface area contributed by atoms with Gasteiger partial charge in [-0.25, -0.2) is 0 Å². The van der Waals surface area contributed by atoms with E-state index in [1.165, 1.54) is 12.8 Å². The molecule has 1 heterocycles. The van der Waals surface area contributed by atoms with Crippen molar-refractivity contribution in [2.75, 3.05) is 0 Å². The van der Waals surface area contributed by atoms with Crippen molar-refractivity contribution in [3.63, 3.8) is 0 Å². The van der Waals surface area contributed by atoms with Crippen molar-refractivity contribution in [3.05, 3.63) is 65.7 Å². The summed E-state index contributed by atoms with van der Waals surface area (Å²) >= 11 is -1.37. The van der Waals surface area contributed by atoms with E-state index >= 15 is 0 Å². The molecular formula is C24H27AsP+. The second kappa shape index (κ2) is 5.95. The molecule has 132 valence electrons. The maximum absolute atomic E-state index is 2.57. The summed E-state index contributed by atoms with van der Waals surface area (Å²) in [6.45, 7) is 10.1. The molecule has 0 amide bonds. The molecule has 1 aliphatic heterocycles. The van der Waals surface area contributed by atoms with Crippen LogP contribution in [-0.2, 0) is 12.8 Å². The van der Waals surface area contributed by atoms with Crippen LogP contribution in [-0.4, -0.2) is 25.5 Å². The quantitative estimate of drug-likeness (QED) is 0.431. The zero-order valence-electron chi connectivity index (χ0n) is 16.2. The molecule has 0 aromatic heterocycles. The van der Waals surface area contributed by atoms with Gasteiger partial charge in [0.1, 0.15) is 0 Å². The molecular weight excluding hydrogens is 394 g/mol. The van der Waals surface area contributed by atoms with E-state index in [2.05, 4.69) is 82.3 Å². The average Bonchev–Trinajstić information content (AvgIpc) is 3.18. The Labute approximate surface area is 162 Å². The number of rotatable bonds is 3. The Bertz CT molecular complexity index is 985. The van der Waals surface area contributed by atoms with Gasteiger partial charge in [0.15, 0.2) is 0 Å². The third-order valence-electron chi connectivity index (χ3n) is 6.47. The summed E-state index contributed by atoms with van der Waals surface area (Å²) in [5, 5.41) is 5.14. The van der Waals surface area contributed by atoms with Gasteiger partial charge in [0.25, 0.3) is 0 Å². The van der Waals surface area contributed by atoms with Gasteiger partial charge in [0, 0.05) is 0 Å². The number of hydrogen-bond acceptors (Lipinski definition) is 0. The first kappa shape index (κ1) is 17.0. The summed E-state index contributed by atoms with van der Waals surface area (Å²) in [6.07, 6.45) is 2.48. The minimum atomic E-state index is -1.37. The molecule has 2 heteroatoms. The van der Waals surface area contributed by atoms with E-state index in [9.17, 15) is 0 Å². The van der Waals surface area contributed by atoms with Crippen molar-refractivity contribution < 1.29 is 0 Å². The van der Waals surface area contributed by atoms with Crippen molar-refractivity contribution >= 4 is 44.8 Å². The van der Waals surface area contributed by atoms with Crippen LogP contribution in [0.4, 0.5) is 0 Å². The molecule has 0 saturated carbocycles. The molecule has 0 spiro atoms. The predicted octanol–water partition coefficient (Wildman–Crippen LogP) is 4.52. The molecule has 0 radical (unpaired) electrons. The van der Waals surface area contributed by atoms with E-state index in [1.807, 2.05) is 0 Å². The molecule has 1 atom stereocenters. The van der Waals surface area contributed by atoms with Crippen LogP contribution in [0.5, 0.6) is 0 Å². The molecule has 3 aromatic rings. The monoisotopic (exact) mass is 421 g/mol. The van der Waals surface area contributed by atoms with Crippen LogP contribution in [0.2, 0.25) is 0 Å². The molecule has 0 bridgehead atoms. The standard InChI is InChI=1S/C24H27AsP/c1-16(2)26(17(3)4)22-15-13-19-11-10-18-12-14-21(24(22)23(18)19)25(26)20-8-6-5-7-9-20/h5-9,12-17H,10-11H2,1-4H3/q+1. The fraction of sp³-hybridized carbons (Fsp3) is 0.333. The maximum atomic E-state index is 2.57. The molecule has 0 nitrogen and oxygen atoms in total. The minimum absolute atomic E-state index is 0.758. The average molecular weight is 421 g/mol. The van der Waals surface area contributed by atoms with Gasteiger partial charge in [-0.1, -0.05) is 0 Å². The summed E-state index contributed by atoms with van der Waals surface area (Å²) in [5.41, 5.74) is 4.73. The van der Waals surface area contributed by atoms with E-state index in [-0.39, 0.29) is 0 Å². The molecule has 1 unspecified atom stereocenters. The van der Waals surface area contributed by atoms with Crippen LogP contribution < -0.4 is 14.0 Å². The molecule has 3 aromatic carbocycles. The van der Waals surface area contributed by atoms with E-state index in [0.29, 0.717) is 0 Å². The van der Waals surface area contributed by atoms with Gasteiger partial charge >= 0.3 is 162 Å². The van der Waals surface area contributed by atoms with Gasteiger partial charge in [-0.05, 0) is 0 Å². The predicted molar refractivity (Wildman–Crippen MR) is 120 cm³/mol. The van der Waals surface area contributed by atoms with E-state index < -0.39 is 20.0 Å². The second-order valence-electron chi connectivity index (χ2n) is 8.31. The van der Waals surface area contributed by atoms with E-state index in [0.717, 1.165) is 11.3 Å². The van der Waals surface area contributed by atoms with E-state index in [1.54, 1.807) is 35.9 Å². The topological polar surface area (TPSA) is 0 Å². The van der Waals surface area contributed by atoms with Crippen LogP contribution in [0, 0.1) is 0 Å². The Kier molecular flexibility index (Phi) is 3.90. The normalized spacial score (nSPS) is 19.8. The Morgan fingerprint density at radius 3 is 1.96 bits per heavy atom. The number of benzene rings is 3. The van der Waals surface area contributed by atoms with Gasteiger partial charge in [0.05, 0.1) is 0 Å². The van der Waals surface area contributed by atoms with Gasteiger partial charge in [-0.3, -0.25) is 0 Å². The van der Waals surface area contributed by atoms with Gasteiger partial charge in [0.2, 0.25) is 0 Å². The van der Waals surface area contributed by atoms with Crippen molar-refractivity contribution in [1.29, 1.82) is 0 Å². The zero-order valence-corrected chi connectivity index (χ0v) is 18.9. The summed E-state index contributed by atoms with van der Waals surface area (Å²) in [4.78, 5) is 0. The van der Waals surface area contributed by atoms with Crippen molar-refractivity contribution in [3.8, 4) is 0 Å². The molecule has 5 rings (SSSR count). The van der Waals surface area contributed by atoms with Crippen LogP contribution in [0.15, 0.2) is 54.6 Å². The summed E-state index contributed by atoms with van der Waals surface area (Å²) in [7, 11) is 0. The number of hydrogen-bond donors (Lipinski definition) is 0. The Morgan fingerprint density at radius 2 is 1.35 bits per heavy atom. The van der Waals surface area contributed by atoms with Gasteiger partial charge < -0.3 is 0 Å². The second-order valence-corrected chi connectivity index (χ2v) is 22.0. The van der Waals surface area contributed by atoms with Crippen molar-refractivity contribution in [2.24, 2.45) is 0 Å². The molecule has 0 saturated heterocycles. The van der Waals surface area contributed by atoms with Crippen LogP contribution in [0.1, 0.15) is 38.8 Å². The van der Waals surface area contributed by atoms with Crippen molar-refractivity contribution in [1.82, 2.24) is 0 Å². The van der Waals surface area contributed by atoms with Crippen molar-refractivity contribution in [2.45, 2.75) is 51.9 Å². The van der Waals surface area contributed by atoms with Crippen LogP contribution in [0.3, 0.4) is 0 Å². The zero-order chi connectivity index (χ0) is 18.1. The molecule has 0 fully saturated rings. The first-order valence-corrected chi connectivity index (χ1v) is 16.2. The molecule has 26 heavy (non-hydrogen) atoms. The Hall–Kier alpha value is -1.09.